The summed E-state index contributed by atoms with van der Waals surface area (Å²) in [7, 11) is 3.98. The van der Waals surface area contributed by atoms with Gasteiger partial charge in [0, 0.05) is 32.7 Å². The van der Waals surface area contributed by atoms with E-state index in [4.69, 9.17) is 0 Å². The molecule has 0 bridgehead atoms. The SMILES string of the molecule is CC(Nc1cccnc1N(C)C)c1cccnc1. The van der Waals surface area contributed by atoms with Gasteiger partial charge in [-0.25, -0.2) is 4.98 Å². The second kappa shape index (κ2) is 5.49. The van der Waals surface area contributed by atoms with Crippen LogP contribution in [-0.4, -0.2) is 24.1 Å². The van der Waals surface area contributed by atoms with E-state index in [0.29, 0.717) is 0 Å². The van der Waals surface area contributed by atoms with Crippen molar-refractivity contribution in [2.45, 2.75) is 13.0 Å². The third-order valence-electron chi connectivity index (χ3n) is 2.77. The Balaban J connectivity index is 2.19. The minimum absolute atomic E-state index is 0.196. The lowest BCUT2D eigenvalue weighted by Crippen LogP contribution is -2.15. The molecule has 2 rings (SSSR count). The van der Waals surface area contributed by atoms with Gasteiger partial charge < -0.3 is 10.2 Å². The van der Waals surface area contributed by atoms with E-state index in [1.165, 1.54) is 0 Å². The van der Waals surface area contributed by atoms with Crippen molar-refractivity contribution in [3.8, 4) is 0 Å². The Morgan fingerprint density at radius 3 is 2.61 bits per heavy atom. The van der Waals surface area contributed by atoms with Crippen molar-refractivity contribution in [1.82, 2.24) is 9.97 Å². The van der Waals surface area contributed by atoms with Crippen molar-refractivity contribution in [2.24, 2.45) is 0 Å². The predicted molar refractivity (Wildman–Crippen MR) is 74.8 cm³/mol. The third-order valence-corrected chi connectivity index (χ3v) is 2.77. The molecule has 1 unspecified atom stereocenters. The summed E-state index contributed by atoms with van der Waals surface area (Å²) in [5.41, 5.74) is 2.19. The molecule has 0 amide bonds. The number of aromatic nitrogens is 2. The summed E-state index contributed by atoms with van der Waals surface area (Å²) >= 11 is 0. The highest BCUT2D eigenvalue weighted by atomic mass is 15.2. The summed E-state index contributed by atoms with van der Waals surface area (Å²) in [5.74, 6) is 0.938. The molecule has 2 aromatic heterocycles. The molecule has 4 nitrogen and oxygen atoms in total. The van der Waals surface area contributed by atoms with Gasteiger partial charge in [0.05, 0.1) is 11.7 Å². The molecule has 2 aromatic rings. The fraction of sp³-hybridized carbons (Fsp3) is 0.286. The molecule has 0 fully saturated rings. The minimum Gasteiger partial charge on any atom is -0.375 e. The van der Waals surface area contributed by atoms with E-state index in [1.54, 1.807) is 12.4 Å². The van der Waals surface area contributed by atoms with E-state index < -0.39 is 0 Å². The maximum atomic E-state index is 4.37. The van der Waals surface area contributed by atoms with Crippen LogP contribution in [-0.2, 0) is 0 Å². The van der Waals surface area contributed by atoms with E-state index in [2.05, 4.69) is 28.3 Å². The average Bonchev–Trinajstić information content (AvgIpc) is 2.40. The summed E-state index contributed by atoms with van der Waals surface area (Å²) in [6.07, 6.45) is 5.46. The number of hydrogen-bond acceptors (Lipinski definition) is 4. The van der Waals surface area contributed by atoms with E-state index in [9.17, 15) is 0 Å². The fourth-order valence-corrected chi connectivity index (χ4v) is 1.81. The van der Waals surface area contributed by atoms with Crippen LogP contribution in [0.3, 0.4) is 0 Å². The Morgan fingerprint density at radius 2 is 1.94 bits per heavy atom. The first-order chi connectivity index (χ1) is 8.68. The number of hydrogen-bond donors (Lipinski definition) is 1. The molecular weight excluding hydrogens is 224 g/mol. The van der Waals surface area contributed by atoms with E-state index in [1.807, 2.05) is 43.4 Å². The zero-order valence-corrected chi connectivity index (χ0v) is 11.0. The molecule has 0 aliphatic rings. The third kappa shape index (κ3) is 2.77. The summed E-state index contributed by atoms with van der Waals surface area (Å²) in [6, 6.07) is 8.18. The molecule has 0 spiro atoms. The van der Waals surface area contributed by atoms with Gasteiger partial charge in [-0.1, -0.05) is 6.07 Å². The monoisotopic (exact) mass is 242 g/mol. The van der Waals surface area contributed by atoms with Crippen molar-refractivity contribution in [1.29, 1.82) is 0 Å². The van der Waals surface area contributed by atoms with Gasteiger partial charge in [-0.3, -0.25) is 4.98 Å². The van der Waals surface area contributed by atoms with Gasteiger partial charge in [0.1, 0.15) is 0 Å². The zero-order chi connectivity index (χ0) is 13.0. The molecule has 0 aliphatic heterocycles. The topological polar surface area (TPSA) is 41.1 Å². The summed E-state index contributed by atoms with van der Waals surface area (Å²) in [6.45, 7) is 2.11. The Labute approximate surface area is 108 Å². The molecule has 0 radical (unpaired) electrons. The molecule has 0 aromatic carbocycles. The van der Waals surface area contributed by atoms with Crippen LogP contribution in [0.1, 0.15) is 18.5 Å². The molecule has 4 heteroatoms. The van der Waals surface area contributed by atoms with Gasteiger partial charge >= 0.3 is 0 Å². The first-order valence-electron chi connectivity index (χ1n) is 5.97. The van der Waals surface area contributed by atoms with Crippen LogP contribution >= 0.6 is 0 Å². The van der Waals surface area contributed by atoms with E-state index in [0.717, 1.165) is 17.1 Å². The molecule has 94 valence electrons. The number of rotatable bonds is 4. The predicted octanol–water partition coefficient (Wildman–Crippen LogP) is 2.72. The van der Waals surface area contributed by atoms with Crippen LogP contribution < -0.4 is 10.2 Å². The van der Waals surface area contributed by atoms with Gasteiger partial charge in [-0.2, -0.15) is 0 Å². The van der Waals surface area contributed by atoms with Crippen LogP contribution in [0.5, 0.6) is 0 Å². The average molecular weight is 242 g/mol. The molecule has 0 saturated carbocycles. The van der Waals surface area contributed by atoms with Crippen LogP contribution in [0.4, 0.5) is 11.5 Å². The first kappa shape index (κ1) is 12.4. The Bertz CT molecular complexity index is 496. The lowest BCUT2D eigenvalue weighted by Gasteiger charge is -2.20. The van der Waals surface area contributed by atoms with Crippen molar-refractivity contribution in [3.05, 3.63) is 48.4 Å². The number of pyridine rings is 2. The maximum absolute atomic E-state index is 4.37. The van der Waals surface area contributed by atoms with Crippen LogP contribution in [0, 0.1) is 0 Å². The highest BCUT2D eigenvalue weighted by Crippen LogP contribution is 2.25. The second-order valence-electron chi connectivity index (χ2n) is 4.42. The number of nitrogens with zero attached hydrogens (tertiary/aromatic N) is 3. The van der Waals surface area contributed by atoms with Crippen LogP contribution in [0.25, 0.3) is 0 Å². The van der Waals surface area contributed by atoms with E-state index in [-0.39, 0.29) is 6.04 Å². The quantitative estimate of drug-likeness (QED) is 0.895. The maximum Gasteiger partial charge on any atom is 0.151 e. The van der Waals surface area contributed by atoms with Crippen molar-refractivity contribution < 1.29 is 0 Å². The first-order valence-corrected chi connectivity index (χ1v) is 5.97. The van der Waals surface area contributed by atoms with Gasteiger partial charge in [0.25, 0.3) is 0 Å². The largest absolute Gasteiger partial charge is 0.375 e. The lowest BCUT2D eigenvalue weighted by atomic mass is 10.1. The van der Waals surface area contributed by atoms with Gasteiger partial charge in [0.15, 0.2) is 5.82 Å². The molecule has 2 heterocycles. The molecule has 1 atom stereocenters. The number of anilines is 2. The Morgan fingerprint density at radius 1 is 1.17 bits per heavy atom. The lowest BCUT2D eigenvalue weighted by molar-refractivity contribution is 0.871. The second-order valence-corrected chi connectivity index (χ2v) is 4.42. The zero-order valence-electron chi connectivity index (χ0n) is 11.0. The van der Waals surface area contributed by atoms with Gasteiger partial charge in [0.2, 0.25) is 0 Å². The minimum atomic E-state index is 0.196. The summed E-state index contributed by atoms with van der Waals surface area (Å²) in [4.78, 5) is 10.5. The Kier molecular flexibility index (Phi) is 3.77. The van der Waals surface area contributed by atoms with E-state index >= 15 is 0 Å². The highest BCUT2D eigenvalue weighted by Gasteiger charge is 2.09. The van der Waals surface area contributed by atoms with Crippen molar-refractivity contribution >= 4 is 11.5 Å². The molecule has 1 N–H and O–H groups in total. The molecule has 0 saturated heterocycles. The highest BCUT2D eigenvalue weighted by molar-refractivity contribution is 5.65. The van der Waals surface area contributed by atoms with Crippen molar-refractivity contribution in [2.75, 3.05) is 24.3 Å². The van der Waals surface area contributed by atoms with Gasteiger partial charge in [-0.15, -0.1) is 0 Å². The smallest absolute Gasteiger partial charge is 0.151 e. The van der Waals surface area contributed by atoms with Crippen molar-refractivity contribution in [3.63, 3.8) is 0 Å². The summed E-state index contributed by atoms with van der Waals surface area (Å²) in [5, 5.41) is 3.46. The summed E-state index contributed by atoms with van der Waals surface area (Å²) < 4.78 is 0. The molecule has 18 heavy (non-hydrogen) atoms. The molecular formula is C14H18N4. The molecule has 0 aliphatic carbocycles. The standard InChI is InChI=1S/C14H18N4/c1-11(12-6-4-8-15-10-12)17-13-7-5-9-16-14(13)18(2)3/h4-11,17H,1-3H3. The number of nitrogens with one attached hydrogen (secondary N) is 1. The van der Waals surface area contributed by atoms with Crippen LogP contribution in [0.15, 0.2) is 42.9 Å². The fourth-order valence-electron chi connectivity index (χ4n) is 1.81. The van der Waals surface area contributed by atoms with Crippen LogP contribution in [0.2, 0.25) is 0 Å². The Hall–Kier alpha value is -2.10. The van der Waals surface area contributed by atoms with Gasteiger partial charge in [-0.05, 0) is 30.7 Å². The normalized spacial score (nSPS) is 11.9.